The molecule has 1 aromatic carbocycles. The van der Waals surface area contributed by atoms with Gasteiger partial charge in [-0.25, -0.2) is 0 Å². The van der Waals surface area contributed by atoms with Crippen molar-refractivity contribution in [2.24, 2.45) is 0 Å². The molecule has 0 heterocycles. The third kappa shape index (κ3) is 6.32. The van der Waals surface area contributed by atoms with E-state index < -0.39 is 13.3 Å². The number of rotatable bonds is 11. The molecule has 0 saturated heterocycles. The Hall–Kier alpha value is -0.497. The normalized spacial score (nSPS) is 12.6. The van der Waals surface area contributed by atoms with Crippen LogP contribution in [-0.4, -0.2) is 13.3 Å². The van der Waals surface area contributed by atoms with Crippen LogP contribution in [0, 0.1) is 0 Å². The SMILES string of the molecule is CCC[CH2][Ge]([CH2]CCC)([CH2]CCC)/[C](C)=C\c1ccccc1. The van der Waals surface area contributed by atoms with Gasteiger partial charge >= 0.3 is 142 Å². The predicted molar refractivity (Wildman–Crippen MR) is 105 cm³/mol. The molecule has 0 atom stereocenters. The van der Waals surface area contributed by atoms with E-state index >= 15 is 0 Å². The van der Waals surface area contributed by atoms with Crippen LogP contribution in [0.5, 0.6) is 0 Å². The van der Waals surface area contributed by atoms with E-state index in [0.717, 1.165) is 0 Å². The third-order valence-corrected chi connectivity index (χ3v) is 17.1. The summed E-state index contributed by atoms with van der Waals surface area (Å²) in [5, 5.41) is 4.64. The van der Waals surface area contributed by atoms with Crippen molar-refractivity contribution in [1.29, 1.82) is 0 Å². The number of hydrogen-bond acceptors (Lipinski definition) is 0. The van der Waals surface area contributed by atoms with E-state index in [1.54, 1.807) is 20.2 Å². The molecule has 22 heavy (non-hydrogen) atoms. The van der Waals surface area contributed by atoms with E-state index in [9.17, 15) is 0 Å². The van der Waals surface area contributed by atoms with Crippen molar-refractivity contribution in [1.82, 2.24) is 0 Å². The van der Waals surface area contributed by atoms with Gasteiger partial charge in [0.2, 0.25) is 0 Å². The Kier molecular flexibility index (Phi) is 9.87. The molecule has 0 radical (unpaired) electrons. The molecule has 0 fully saturated rings. The summed E-state index contributed by atoms with van der Waals surface area (Å²) in [6.07, 6.45) is 10.9. The van der Waals surface area contributed by atoms with E-state index in [-0.39, 0.29) is 0 Å². The van der Waals surface area contributed by atoms with Crippen molar-refractivity contribution in [3.05, 3.63) is 40.3 Å². The Morgan fingerprint density at radius 3 is 1.68 bits per heavy atom. The van der Waals surface area contributed by atoms with Crippen LogP contribution in [0.25, 0.3) is 6.08 Å². The van der Waals surface area contributed by atoms with Gasteiger partial charge in [-0.1, -0.05) is 0 Å². The minimum absolute atomic E-state index is 1.35. The Morgan fingerprint density at radius 1 is 0.818 bits per heavy atom. The first-order chi connectivity index (χ1) is 10.7. The number of allylic oxidation sites excluding steroid dienone is 1. The van der Waals surface area contributed by atoms with Crippen LogP contribution in [0.2, 0.25) is 15.8 Å². The molecule has 0 nitrogen and oxygen atoms in total. The number of benzene rings is 1. The van der Waals surface area contributed by atoms with Crippen molar-refractivity contribution >= 4 is 19.3 Å². The Balaban J connectivity index is 3.04. The zero-order valence-corrected chi connectivity index (χ0v) is 17.4. The first-order valence-electron chi connectivity index (χ1n) is 9.42. The van der Waals surface area contributed by atoms with Crippen molar-refractivity contribution in [3.63, 3.8) is 0 Å². The van der Waals surface area contributed by atoms with Gasteiger partial charge in [-0.15, -0.1) is 0 Å². The van der Waals surface area contributed by atoms with Crippen molar-refractivity contribution in [3.8, 4) is 0 Å². The zero-order chi connectivity index (χ0) is 16.3. The molecular weight excluding hydrogens is 325 g/mol. The maximum atomic E-state index is 2.53. The second-order valence-corrected chi connectivity index (χ2v) is 17.0. The van der Waals surface area contributed by atoms with Gasteiger partial charge in [-0.2, -0.15) is 0 Å². The molecule has 0 saturated carbocycles. The summed E-state index contributed by atoms with van der Waals surface area (Å²) < 4.78 is 1.79. The molecule has 0 aliphatic heterocycles. The molecule has 1 heteroatoms. The van der Waals surface area contributed by atoms with Gasteiger partial charge in [0, 0.05) is 0 Å². The summed E-state index contributed by atoms with van der Waals surface area (Å²) >= 11 is -1.88. The van der Waals surface area contributed by atoms with E-state index in [4.69, 9.17) is 0 Å². The van der Waals surface area contributed by atoms with Gasteiger partial charge in [0.25, 0.3) is 0 Å². The number of hydrogen-bond donors (Lipinski definition) is 0. The zero-order valence-electron chi connectivity index (χ0n) is 15.3. The molecule has 1 aromatic rings. The van der Waals surface area contributed by atoms with Crippen molar-refractivity contribution < 1.29 is 0 Å². The Morgan fingerprint density at radius 2 is 1.27 bits per heavy atom. The maximum absolute atomic E-state index is 2.53. The fourth-order valence-corrected chi connectivity index (χ4v) is 15.0. The minimum atomic E-state index is -1.88. The molecule has 1 rings (SSSR count). The first-order valence-corrected chi connectivity index (χ1v) is 14.9. The van der Waals surface area contributed by atoms with Gasteiger partial charge < -0.3 is 0 Å². The average Bonchev–Trinajstić information content (AvgIpc) is 2.55. The second kappa shape index (κ2) is 11.1. The van der Waals surface area contributed by atoms with Crippen molar-refractivity contribution in [2.75, 3.05) is 0 Å². The molecule has 0 aromatic heterocycles. The topological polar surface area (TPSA) is 0 Å². The fraction of sp³-hybridized carbons (Fsp3) is 0.619. The molecule has 0 amide bonds. The van der Waals surface area contributed by atoms with Gasteiger partial charge in [0.15, 0.2) is 0 Å². The second-order valence-electron chi connectivity index (χ2n) is 6.83. The molecule has 0 N–H and O–H groups in total. The summed E-state index contributed by atoms with van der Waals surface area (Å²) in [7, 11) is 0. The predicted octanol–water partition coefficient (Wildman–Crippen LogP) is 7.48. The van der Waals surface area contributed by atoms with Crippen LogP contribution >= 0.6 is 0 Å². The Labute approximate surface area is 141 Å². The van der Waals surface area contributed by atoms with Gasteiger partial charge in [-0.05, 0) is 0 Å². The summed E-state index contributed by atoms with van der Waals surface area (Å²) in [5.41, 5.74) is 1.40. The summed E-state index contributed by atoms with van der Waals surface area (Å²) in [6.45, 7) is 9.52. The van der Waals surface area contributed by atoms with Crippen LogP contribution < -0.4 is 0 Å². The molecule has 0 aliphatic rings. The van der Waals surface area contributed by atoms with Gasteiger partial charge in [-0.3, -0.25) is 0 Å². The third-order valence-electron chi connectivity index (χ3n) is 5.05. The van der Waals surface area contributed by atoms with Crippen molar-refractivity contribution in [2.45, 2.75) is 82.0 Å². The molecule has 0 spiro atoms. The quantitative estimate of drug-likeness (QED) is 0.359. The standard InChI is InChI=1S/C21H36Ge/c1-5-8-16-22(17-9-6-2,18-10-7-3)20(4)19-21-14-12-11-13-15-21/h11-15,19H,5-10,16-18H2,1-4H3/b20-19-. The molecule has 124 valence electrons. The van der Waals surface area contributed by atoms with Crippen LogP contribution in [0.3, 0.4) is 0 Å². The van der Waals surface area contributed by atoms with Crippen LogP contribution in [0.1, 0.15) is 71.8 Å². The average molecular weight is 361 g/mol. The molecular formula is C21H36Ge. The van der Waals surface area contributed by atoms with Gasteiger partial charge in [0.1, 0.15) is 0 Å². The summed E-state index contributed by atoms with van der Waals surface area (Å²) in [4.78, 5) is 0. The summed E-state index contributed by atoms with van der Waals surface area (Å²) in [6, 6.07) is 11.0. The van der Waals surface area contributed by atoms with E-state index in [1.165, 1.54) is 44.1 Å². The number of unbranched alkanes of at least 4 members (excludes halogenated alkanes) is 3. The fourth-order valence-electron chi connectivity index (χ4n) is 3.46. The summed E-state index contributed by atoms with van der Waals surface area (Å²) in [5.74, 6) is 0. The van der Waals surface area contributed by atoms with Gasteiger partial charge in [0.05, 0.1) is 0 Å². The molecule has 0 aliphatic carbocycles. The first kappa shape index (κ1) is 19.5. The van der Waals surface area contributed by atoms with E-state index in [1.807, 2.05) is 0 Å². The van der Waals surface area contributed by atoms with Crippen LogP contribution in [0.15, 0.2) is 34.7 Å². The van der Waals surface area contributed by atoms with Crippen LogP contribution in [-0.2, 0) is 0 Å². The van der Waals surface area contributed by atoms with Crippen LogP contribution in [0.4, 0.5) is 0 Å². The monoisotopic (exact) mass is 362 g/mol. The molecule has 0 bridgehead atoms. The molecule has 0 unspecified atom stereocenters. The van der Waals surface area contributed by atoms with E-state index in [0.29, 0.717) is 0 Å². The Bertz CT molecular complexity index is 397. The van der Waals surface area contributed by atoms with E-state index in [2.05, 4.69) is 64.1 Å².